The van der Waals surface area contributed by atoms with Crippen LogP contribution in [0.15, 0.2) is 71.5 Å². The van der Waals surface area contributed by atoms with Crippen molar-refractivity contribution in [1.29, 1.82) is 0 Å². The molecule has 1 aromatic heterocycles. The maximum Gasteiger partial charge on any atom is 0.175 e. The Morgan fingerprint density at radius 1 is 1.10 bits per heavy atom. The first kappa shape index (κ1) is 21.3. The Morgan fingerprint density at radius 2 is 1.90 bits per heavy atom. The first-order valence-corrected chi connectivity index (χ1v) is 10.2. The quantitative estimate of drug-likeness (QED) is 0.490. The molecule has 0 saturated heterocycles. The molecule has 6 heteroatoms. The summed E-state index contributed by atoms with van der Waals surface area (Å²) in [7, 11) is 1.62. The van der Waals surface area contributed by atoms with Crippen LogP contribution in [0.4, 0.5) is 0 Å². The van der Waals surface area contributed by atoms with Crippen LogP contribution in [-0.2, 0) is 13.2 Å². The van der Waals surface area contributed by atoms with Gasteiger partial charge in [0, 0.05) is 30.5 Å². The molecule has 0 spiro atoms. The largest absolute Gasteiger partial charge is 0.493 e. The lowest BCUT2D eigenvalue weighted by molar-refractivity contribution is 0.135. The molecule has 0 fully saturated rings. The molecule has 0 bridgehead atoms. The first-order valence-electron chi connectivity index (χ1n) is 9.43. The Hall–Kier alpha value is -2.41. The van der Waals surface area contributed by atoms with Crippen LogP contribution in [0.3, 0.4) is 0 Å². The Balaban J connectivity index is 1.65. The van der Waals surface area contributed by atoms with Gasteiger partial charge in [-0.25, -0.2) is 0 Å². The summed E-state index contributed by atoms with van der Waals surface area (Å²) in [5.74, 6) is 1.30. The van der Waals surface area contributed by atoms with E-state index in [2.05, 4.69) is 26.2 Å². The minimum absolute atomic E-state index is 0.108. The van der Waals surface area contributed by atoms with Crippen molar-refractivity contribution in [2.45, 2.75) is 32.2 Å². The van der Waals surface area contributed by atoms with E-state index in [1.54, 1.807) is 19.5 Å². The standard InChI is InChI=1S/C23H25BrN2O3/c1-16(22(27)19-8-4-3-5-9-19)26-14-18-11-20(24)23(21(12-18)28-2)29-15-17-7-6-10-25-13-17/h3-13,16,22,26-27H,14-15H2,1-2H3/t16-,22-/m0/s1. The van der Waals surface area contributed by atoms with Gasteiger partial charge in [0.15, 0.2) is 11.5 Å². The molecule has 0 amide bonds. The zero-order chi connectivity index (χ0) is 20.6. The van der Waals surface area contributed by atoms with Crippen LogP contribution in [0.2, 0.25) is 0 Å². The van der Waals surface area contributed by atoms with Crippen LogP contribution in [0.1, 0.15) is 29.7 Å². The topological polar surface area (TPSA) is 63.6 Å². The van der Waals surface area contributed by atoms with Crippen molar-refractivity contribution in [2.24, 2.45) is 0 Å². The van der Waals surface area contributed by atoms with Crippen LogP contribution in [-0.4, -0.2) is 23.2 Å². The predicted octanol–water partition coefficient (Wildman–Crippen LogP) is 4.64. The highest BCUT2D eigenvalue weighted by molar-refractivity contribution is 9.10. The molecular weight excluding hydrogens is 432 g/mol. The summed E-state index contributed by atoms with van der Waals surface area (Å²) >= 11 is 3.59. The molecule has 0 aliphatic carbocycles. The Morgan fingerprint density at radius 3 is 2.59 bits per heavy atom. The molecule has 29 heavy (non-hydrogen) atoms. The second kappa shape index (κ2) is 10.4. The molecule has 152 valence electrons. The van der Waals surface area contributed by atoms with Crippen molar-refractivity contribution in [1.82, 2.24) is 10.3 Å². The number of pyridine rings is 1. The number of rotatable bonds is 9. The normalized spacial score (nSPS) is 13.0. The molecule has 2 N–H and O–H groups in total. The maximum atomic E-state index is 10.5. The van der Waals surface area contributed by atoms with Gasteiger partial charge in [-0.05, 0) is 52.2 Å². The number of benzene rings is 2. The molecule has 0 aliphatic heterocycles. The molecule has 3 aromatic rings. The van der Waals surface area contributed by atoms with Crippen LogP contribution in [0.5, 0.6) is 11.5 Å². The van der Waals surface area contributed by atoms with Gasteiger partial charge in [-0.3, -0.25) is 4.98 Å². The minimum Gasteiger partial charge on any atom is -0.493 e. The van der Waals surface area contributed by atoms with Crippen LogP contribution in [0, 0.1) is 0 Å². The van der Waals surface area contributed by atoms with Gasteiger partial charge in [0.25, 0.3) is 0 Å². The maximum absolute atomic E-state index is 10.5. The van der Waals surface area contributed by atoms with Gasteiger partial charge >= 0.3 is 0 Å². The number of hydrogen-bond acceptors (Lipinski definition) is 5. The van der Waals surface area contributed by atoms with E-state index in [-0.39, 0.29) is 6.04 Å². The number of nitrogens with one attached hydrogen (secondary N) is 1. The van der Waals surface area contributed by atoms with Crippen LogP contribution in [0.25, 0.3) is 0 Å². The highest BCUT2D eigenvalue weighted by Gasteiger charge is 2.17. The van der Waals surface area contributed by atoms with Gasteiger partial charge in [-0.2, -0.15) is 0 Å². The van der Waals surface area contributed by atoms with Gasteiger partial charge in [-0.15, -0.1) is 0 Å². The van der Waals surface area contributed by atoms with Crippen LogP contribution < -0.4 is 14.8 Å². The molecule has 0 radical (unpaired) electrons. The van der Waals surface area contributed by atoms with Crippen molar-refractivity contribution in [2.75, 3.05) is 7.11 Å². The number of nitrogens with zero attached hydrogens (tertiary/aromatic N) is 1. The van der Waals surface area contributed by atoms with E-state index in [1.165, 1.54) is 0 Å². The van der Waals surface area contributed by atoms with Crippen molar-refractivity contribution >= 4 is 15.9 Å². The summed E-state index contributed by atoms with van der Waals surface area (Å²) in [5, 5.41) is 13.9. The zero-order valence-electron chi connectivity index (χ0n) is 16.5. The number of halogens is 1. The van der Waals surface area contributed by atoms with E-state index in [4.69, 9.17) is 9.47 Å². The monoisotopic (exact) mass is 456 g/mol. The van der Waals surface area contributed by atoms with E-state index in [9.17, 15) is 5.11 Å². The van der Waals surface area contributed by atoms with Gasteiger partial charge in [-0.1, -0.05) is 36.4 Å². The van der Waals surface area contributed by atoms with E-state index in [0.29, 0.717) is 24.7 Å². The minimum atomic E-state index is -0.580. The fraction of sp³-hybridized carbons (Fsp3) is 0.261. The van der Waals surface area contributed by atoms with Crippen molar-refractivity contribution in [3.63, 3.8) is 0 Å². The number of hydrogen-bond donors (Lipinski definition) is 2. The van der Waals surface area contributed by atoms with Gasteiger partial charge < -0.3 is 19.9 Å². The molecular formula is C23H25BrN2O3. The lowest BCUT2D eigenvalue weighted by atomic mass is 10.0. The first-order chi connectivity index (χ1) is 14.1. The second-order valence-electron chi connectivity index (χ2n) is 6.78. The highest BCUT2D eigenvalue weighted by atomic mass is 79.9. The fourth-order valence-electron chi connectivity index (χ4n) is 2.98. The zero-order valence-corrected chi connectivity index (χ0v) is 18.1. The summed E-state index contributed by atoms with van der Waals surface area (Å²) in [6, 6.07) is 17.3. The fourth-order valence-corrected chi connectivity index (χ4v) is 3.59. The van der Waals surface area contributed by atoms with Gasteiger partial charge in [0.05, 0.1) is 17.7 Å². The second-order valence-corrected chi connectivity index (χ2v) is 7.64. The molecule has 0 saturated carbocycles. The highest BCUT2D eigenvalue weighted by Crippen LogP contribution is 2.37. The lowest BCUT2D eigenvalue weighted by Crippen LogP contribution is -2.31. The van der Waals surface area contributed by atoms with E-state index in [1.807, 2.05) is 61.5 Å². The number of aromatic nitrogens is 1. The third-order valence-corrected chi connectivity index (χ3v) is 5.23. The molecule has 1 heterocycles. The molecule has 2 atom stereocenters. The summed E-state index contributed by atoms with van der Waals surface area (Å²) in [6.07, 6.45) is 2.93. The average molecular weight is 457 g/mol. The average Bonchev–Trinajstić information content (AvgIpc) is 2.77. The predicted molar refractivity (Wildman–Crippen MR) is 117 cm³/mol. The Labute approximate surface area is 179 Å². The Kier molecular flexibility index (Phi) is 7.63. The molecule has 0 unspecified atom stereocenters. The Bertz CT molecular complexity index is 907. The smallest absolute Gasteiger partial charge is 0.175 e. The molecule has 0 aliphatic rings. The van der Waals surface area contributed by atoms with E-state index < -0.39 is 6.10 Å². The molecule has 3 rings (SSSR count). The van der Waals surface area contributed by atoms with Crippen molar-refractivity contribution in [3.8, 4) is 11.5 Å². The lowest BCUT2D eigenvalue weighted by Gasteiger charge is -2.21. The van der Waals surface area contributed by atoms with E-state index >= 15 is 0 Å². The van der Waals surface area contributed by atoms with Crippen molar-refractivity contribution in [3.05, 3.63) is 88.2 Å². The summed E-state index contributed by atoms with van der Waals surface area (Å²) < 4.78 is 12.3. The third kappa shape index (κ3) is 5.79. The van der Waals surface area contributed by atoms with Crippen LogP contribution >= 0.6 is 15.9 Å². The SMILES string of the molecule is COc1cc(CN[C@@H](C)[C@H](O)c2ccccc2)cc(Br)c1OCc1cccnc1. The summed E-state index contributed by atoms with van der Waals surface area (Å²) in [4.78, 5) is 4.10. The molecule has 5 nitrogen and oxygen atoms in total. The summed E-state index contributed by atoms with van der Waals surface area (Å²) in [5.41, 5.74) is 2.90. The van der Waals surface area contributed by atoms with E-state index in [0.717, 1.165) is 21.2 Å². The number of aliphatic hydroxyl groups excluding tert-OH is 1. The molecule has 2 aromatic carbocycles. The number of ether oxygens (including phenoxy) is 2. The number of aliphatic hydroxyl groups is 1. The van der Waals surface area contributed by atoms with Gasteiger partial charge in [0.2, 0.25) is 0 Å². The third-order valence-electron chi connectivity index (χ3n) is 4.64. The summed E-state index contributed by atoms with van der Waals surface area (Å²) in [6.45, 7) is 2.96. The van der Waals surface area contributed by atoms with Crippen molar-refractivity contribution < 1.29 is 14.6 Å². The van der Waals surface area contributed by atoms with Gasteiger partial charge in [0.1, 0.15) is 6.61 Å². The number of methoxy groups -OCH3 is 1.